The van der Waals surface area contributed by atoms with Crippen molar-refractivity contribution >= 4 is 31.7 Å². The Bertz CT molecular complexity index is 1100. The fourth-order valence-corrected chi connectivity index (χ4v) is 4.71. The lowest BCUT2D eigenvalue weighted by atomic mass is 10.1. The first-order valence-electron chi connectivity index (χ1n) is 13.5. The van der Waals surface area contributed by atoms with Gasteiger partial charge in [0.2, 0.25) is 0 Å². The highest BCUT2D eigenvalue weighted by Crippen LogP contribution is 2.36. The number of ether oxygens (including phenoxy) is 1. The molecular weight excluding hydrogens is 514 g/mol. The molecule has 9 nitrogen and oxygen atoms in total. The zero-order valence-electron chi connectivity index (χ0n) is 24.0. The van der Waals surface area contributed by atoms with E-state index < -0.39 is 25.2 Å². The average Bonchev–Trinajstić information content (AvgIpc) is 2.87. The van der Waals surface area contributed by atoms with E-state index in [4.69, 9.17) is 9.16 Å². The number of para-hydroxylation sites is 2. The van der Waals surface area contributed by atoms with Crippen LogP contribution < -0.4 is 10.6 Å². The molecule has 10 heteroatoms. The van der Waals surface area contributed by atoms with Crippen molar-refractivity contribution < 1.29 is 23.7 Å². The molecule has 1 unspecified atom stereocenters. The van der Waals surface area contributed by atoms with Crippen LogP contribution in [0.5, 0.6) is 0 Å². The summed E-state index contributed by atoms with van der Waals surface area (Å²) in [6.07, 6.45) is 4.35. The number of nitrogens with zero attached hydrogens (tertiary/aromatic N) is 1. The Labute approximate surface area is 232 Å². The lowest BCUT2D eigenvalue weighted by Crippen LogP contribution is -2.42. The largest absolute Gasteiger partial charge is 0.445 e. The Kier molecular flexibility index (Phi) is 12.1. The van der Waals surface area contributed by atoms with E-state index in [-0.39, 0.29) is 29.1 Å². The predicted octanol–water partition coefficient (Wildman–Crippen LogP) is 7.43. The van der Waals surface area contributed by atoms with Gasteiger partial charge in [-0.1, -0.05) is 71.2 Å². The molecule has 0 bridgehead atoms. The number of nitro groups is 1. The minimum atomic E-state index is -1.85. The minimum Gasteiger partial charge on any atom is -0.445 e. The summed E-state index contributed by atoms with van der Waals surface area (Å²) in [7, 11) is -1.85. The van der Waals surface area contributed by atoms with Gasteiger partial charge in [-0.25, -0.2) is 4.79 Å². The molecule has 0 radical (unpaired) electrons. The first-order valence-corrected chi connectivity index (χ1v) is 16.5. The molecule has 0 saturated heterocycles. The number of alkyl carbamates (subject to hydrolysis) is 1. The Morgan fingerprint density at radius 1 is 1.03 bits per heavy atom. The average molecular weight is 558 g/mol. The normalized spacial score (nSPS) is 12.5. The third kappa shape index (κ3) is 10.4. The lowest BCUT2D eigenvalue weighted by molar-refractivity contribution is -0.383. The number of carbonyl (C=O) groups excluding carboxylic acids is 2. The Balaban J connectivity index is 1.89. The van der Waals surface area contributed by atoms with Gasteiger partial charge in [-0.2, -0.15) is 0 Å². The number of anilines is 1. The van der Waals surface area contributed by atoms with E-state index in [0.717, 1.165) is 37.7 Å². The highest BCUT2D eigenvalue weighted by Gasteiger charge is 2.37. The highest BCUT2D eigenvalue weighted by atomic mass is 28.4. The van der Waals surface area contributed by atoms with E-state index in [9.17, 15) is 19.7 Å². The molecule has 2 amide bonds. The van der Waals surface area contributed by atoms with Gasteiger partial charge in [0, 0.05) is 24.3 Å². The van der Waals surface area contributed by atoms with E-state index in [1.807, 2.05) is 0 Å². The molecule has 1 atom stereocenters. The van der Waals surface area contributed by atoms with Gasteiger partial charge < -0.3 is 19.8 Å². The molecule has 0 spiro atoms. The standard InChI is InChI=1S/C29H43N3O6Si/c1-7-8-9-12-24(19-20-38-39(5,6)29(2,3)4)30-28(34)37-21-22-15-17-23(18-16-22)27(33)31-25-13-10-11-14-26(25)32(35)36/h10-11,13-18,24H,7-9,12,19-21H2,1-6H3,(H,30,34)(H,31,33). The molecule has 0 fully saturated rings. The minimum absolute atomic E-state index is 0.0260. The van der Waals surface area contributed by atoms with Crippen molar-refractivity contribution in [3.05, 3.63) is 69.8 Å². The summed E-state index contributed by atoms with van der Waals surface area (Å²) < 4.78 is 11.8. The van der Waals surface area contributed by atoms with E-state index in [1.54, 1.807) is 30.3 Å². The summed E-state index contributed by atoms with van der Waals surface area (Å²) in [5.74, 6) is -0.468. The summed E-state index contributed by atoms with van der Waals surface area (Å²) >= 11 is 0. The zero-order valence-corrected chi connectivity index (χ0v) is 25.0. The molecule has 0 aliphatic carbocycles. The number of nitrogens with one attached hydrogen (secondary N) is 2. The number of rotatable bonds is 14. The van der Waals surface area contributed by atoms with Crippen LogP contribution in [-0.4, -0.2) is 37.9 Å². The van der Waals surface area contributed by atoms with Crippen LogP contribution in [0.3, 0.4) is 0 Å². The molecule has 0 saturated carbocycles. The van der Waals surface area contributed by atoms with Crippen LogP contribution >= 0.6 is 0 Å². The zero-order chi connectivity index (χ0) is 29.1. The van der Waals surface area contributed by atoms with Crippen molar-refractivity contribution in [2.24, 2.45) is 0 Å². The first kappa shape index (κ1) is 32.0. The molecule has 0 aromatic heterocycles. The summed E-state index contributed by atoms with van der Waals surface area (Å²) in [4.78, 5) is 35.8. The van der Waals surface area contributed by atoms with E-state index in [0.29, 0.717) is 12.2 Å². The number of amides is 2. The number of unbranched alkanes of at least 4 members (excludes halogenated alkanes) is 2. The Morgan fingerprint density at radius 2 is 1.69 bits per heavy atom. The Morgan fingerprint density at radius 3 is 2.31 bits per heavy atom. The van der Waals surface area contributed by atoms with Crippen molar-refractivity contribution in [1.82, 2.24) is 5.32 Å². The molecule has 0 heterocycles. The summed E-state index contributed by atoms with van der Waals surface area (Å²) in [5.41, 5.74) is 0.997. The lowest BCUT2D eigenvalue weighted by Gasteiger charge is -2.36. The smallest absolute Gasteiger partial charge is 0.407 e. The molecule has 214 valence electrons. The van der Waals surface area contributed by atoms with Crippen LogP contribution in [0.15, 0.2) is 48.5 Å². The van der Waals surface area contributed by atoms with Crippen LogP contribution in [0.1, 0.15) is 75.7 Å². The molecule has 2 aromatic rings. The first-order chi connectivity index (χ1) is 18.3. The molecular formula is C29H43N3O6Si. The summed E-state index contributed by atoms with van der Waals surface area (Å²) in [5, 5.41) is 16.9. The number of benzene rings is 2. The number of hydrogen-bond donors (Lipinski definition) is 2. The Hall–Kier alpha value is -3.24. The molecule has 2 aromatic carbocycles. The van der Waals surface area contributed by atoms with Crippen LogP contribution in [0.4, 0.5) is 16.2 Å². The molecule has 2 N–H and O–H groups in total. The van der Waals surface area contributed by atoms with Gasteiger partial charge in [-0.05, 0) is 54.7 Å². The van der Waals surface area contributed by atoms with Crippen molar-refractivity contribution in [3.8, 4) is 0 Å². The monoisotopic (exact) mass is 557 g/mol. The van der Waals surface area contributed by atoms with Gasteiger partial charge >= 0.3 is 6.09 Å². The van der Waals surface area contributed by atoms with Crippen molar-refractivity contribution in [2.75, 3.05) is 11.9 Å². The van der Waals surface area contributed by atoms with Gasteiger partial charge in [0.1, 0.15) is 12.3 Å². The maximum absolute atomic E-state index is 12.6. The van der Waals surface area contributed by atoms with Gasteiger partial charge in [0.25, 0.3) is 11.6 Å². The molecule has 0 aliphatic heterocycles. The van der Waals surface area contributed by atoms with Crippen LogP contribution in [0.2, 0.25) is 18.1 Å². The highest BCUT2D eigenvalue weighted by molar-refractivity contribution is 6.74. The van der Waals surface area contributed by atoms with E-state index in [1.165, 1.54) is 18.2 Å². The van der Waals surface area contributed by atoms with Gasteiger partial charge in [0.05, 0.1) is 4.92 Å². The quantitative estimate of drug-likeness (QED) is 0.108. The maximum atomic E-state index is 12.6. The van der Waals surface area contributed by atoms with Gasteiger partial charge in [-0.3, -0.25) is 14.9 Å². The fraction of sp³-hybridized carbons (Fsp3) is 0.517. The second kappa shape index (κ2) is 14.8. The molecule has 0 aliphatic rings. The summed E-state index contributed by atoms with van der Waals surface area (Å²) in [6.45, 7) is 13.9. The third-order valence-corrected chi connectivity index (χ3v) is 11.7. The number of carbonyl (C=O) groups is 2. The second-order valence-electron chi connectivity index (χ2n) is 11.2. The summed E-state index contributed by atoms with van der Waals surface area (Å²) in [6, 6.07) is 12.5. The fourth-order valence-electron chi connectivity index (χ4n) is 3.64. The molecule has 2 rings (SSSR count). The van der Waals surface area contributed by atoms with Crippen molar-refractivity contribution in [2.45, 2.75) is 90.6 Å². The second-order valence-corrected chi connectivity index (χ2v) is 16.0. The number of hydrogen-bond acceptors (Lipinski definition) is 6. The van der Waals surface area contributed by atoms with Crippen molar-refractivity contribution in [1.29, 1.82) is 0 Å². The van der Waals surface area contributed by atoms with E-state index in [2.05, 4.69) is 51.4 Å². The van der Waals surface area contributed by atoms with Crippen LogP contribution in [-0.2, 0) is 15.8 Å². The van der Waals surface area contributed by atoms with Gasteiger partial charge in [-0.15, -0.1) is 0 Å². The predicted molar refractivity (Wildman–Crippen MR) is 157 cm³/mol. The molecule has 39 heavy (non-hydrogen) atoms. The van der Waals surface area contributed by atoms with Crippen LogP contribution in [0, 0.1) is 10.1 Å². The topological polar surface area (TPSA) is 120 Å². The third-order valence-electron chi connectivity index (χ3n) is 7.15. The van der Waals surface area contributed by atoms with Crippen molar-refractivity contribution in [3.63, 3.8) is 0 Å². The van der Waals surface area contributed by atoms with E-state index >= 15 is 0 Å². The number of nitro benzene ring substituents is 1. The van der Waals surface area contributed by atoms with Gasteiger partial charge in [0.15, 0.2) is 8.32 Å². The van der Waals surface area contributed by atoms with Crippen LogP contribution in [0.25, 0.3) is 0 Å². The maximum Gasteiger partial charge on any atom is 0.407 e. The SMILES string of the molecule is CCCCCC(CCO[Si](C)(C)C(C)(C)C)NC(=O)OCc1ccc(C(=O)Nc2ccccc2[N+](=O)[O-])cc1.